The predicted molar refractivity (Wildman–Crippen MR) is 77.7 cm³/mol. The van der Waals surface area contributed by atoms with Crippen LogP contribution < -0.4 is 15.6 Å². The molecule has 0 aliphatic carbocycles. The van der Waals surface area contributed by atoms with Crippen molar-refractivity contribution in [2.45, 2.75) is 26.9 Å². The number of hydrogen-bond acceptors (Lipinski definition) is 3. The van der Waals surface area contributed by atoms with Crippen LogP contribution in [0.4, 0.5) is 0 Å². The molecule has 5 nitrogen and oxygen atoms in total. The molecule has 0 aromatic heterocycles. The van der Waals surface area contributed by atoms with Gasteiger partial charge in [-0.3, -0.25) is 20.4 Å². The molecule has 2 N–H and O–H groups in total. The molecule has 0 bridgehead atoms. The number of nitrogens with one attached hydrogen (secondary N) is 2. The fraction of sp³-hybridized carbons (Fsp3) is 0.385. The lowest BCUT2D eigenvalue weighted by Crippen LogP contribution is -2.48. The molecule has 0 heterocycles. The van der Waals surface area contributed by atoms with Crippen molar-refractivity contribution in [1.82, 2.24) is 10.9 Å². The van der Waals surface area contributed by atoms with Crippen molar-refractivity contribution < 1.29 is 14.3 Å². The molecule has 1 rings (SSSR count). The van der Waals surface area contributed by atoms with E-state index in [2.05, 4.69) is 10.9 Å². The van der Waals surface area contributed by atoms with Crippen molar-refractivity contribution >= 4 is 35.0 Å². The molecule has 0 radical (unpaired) electrons. The summed E-state index contributed by atoms with van der Waals surface area (Å²) in [5.74, 6) is -0.647. The van der Waals surface area contributed by atoms with Gasteiger partial charge in [0.05, 0.1) is 5.02 Å². The Hall–Kier alpha value is -1.46. The monoisotopic (exact) mass is 318 g/mol. The van der Waals surface area contributed by atoms with Gasteiger partial charge in [0.15, 0.2) is 6.10 Å². The number of rotatable bonds is 4. The molecule has 1 atom stereocenters. The van der Waals surface area contributed by atoms with Crippen LogP contribution in [0.2, 0.25) is 10.0 Å². The summed E-state index contributed by atoms with van der Waals surface area (Å²) in [6, 6.07) is 4.69. The Labute approximate surface area is 127 Å². The lowest BCUT2D eigenvalue weighted by atomic mass is 10.2. The summed E-state index contributed by atoms with van der Waals surface area (Å²) in [5.41, 5.74) is 4.58. The molecule has 2 amide bonds. The summed E-state index contributed by atoms with van der Waals surface area (Å²) >= 11 is 11.7. The minimum Gasteiger partial charge on any atom is -0.479 e. The van der Waals surface area contributed by atoms with Gasteiger partial charge in [-0.15, -0.1) is 0 Å². The van der Waals surface area contributed by atoms with Gasteiger partial charge < -0.3 is 4.74 Å². The molecule has 0 spiro atoms. The Balaban J connectivity index is 2.55. The predicted octanol–water partition coefficient (Wildman–Crippen LogP) is 2.56. The van der Waals surface area contributed by atoms with E-state index in [1.165, 1.54) is 6.07 Å². The smallest absolute Gasteiger partial charge is 0.279 e. The molecule has 110 valence electrons. The average molecular weight is 319 g/mol. The molecular formula is C13H16Cl2N2O3. The molecule has 0 aliphatic heterocycles. The molecule has 1 aromatic rings. The largest absolute Gasteiger partial charge is 0.479 e. The Morgan fingerprint density at radius 1 is 1.10 bits per heavy atom. The number of hydrazine groups is 1. The number of benzene rings is 1. The maximum atomic E-state index is 11.7. The number of carbonyl (C=O) groups excluding carboxylic acids is 2. The highest BCUT2D eigenvalue weighted by Gasteiger charge is 2.17. The van der Waals surface area contributed by atoms with Gasteiger partial charge in [0.2, 0.25) is 5.91 Å². The third kappa shape index (κ3) is 4.90. The molecule has 20 heavy (non-hydrogen) atoms. The second kappa shape index (κ2) is 7.36. The molecule has 0 saturated carbocycles. The minimum atomic E-state index is -0.818. The second-order valence-corrected chi connectivity index (χ2v) is 5.31. The van der Waals surface area contributed by atoms with Gasteiger partial charge in [-0.25, -0.2) is 0 Å². The summed E-state index contributed by atoms with van der Waals surface area (Å²) in [4.78, 5) is 23.1. The number of ether oxygens (including phenoxy) is 1. The van der Waals surface area contributed by atoms with Crippen molar-refractivity contribution in [3.05, 3.63) is 28.2 Å². The van der Waals surface area contributed by atoms with E-state index in [1.807, 2.05) is 0 Å². The first kappa shape index (κ1) is 16.6. The first-order valence-corrected chi connectivity index (χ1v) is 6.78. The summed E-state index contributed by atoms with van der Waals surface area (Å²) < 4.78 is 5.40. The molecule has 0 aliphatic rings. The lowest BCUT2D eigenvalue weighted by molar-refractivity contribution is -0.133. The van der Waals surface area contributed by atoms with E-state index in [-0.39, 0.29) is 11.8 Å². The molecule has 0 fully saturated rings. The van der Waals surface area contributed by atoms with E-state index in [1.54, 1.807) is 32.9 Å². The third-order valence-electron chi connectivity index (χ3n) is 2.40. The summed E-state index contributed by atoms with van der Waals surface area (Å²) in [5, 5.41) is 0.784. The van der Waals surface area contributed by atoms with Crippen molar-refractivity contribution in [2.24, 2.45) is 5.92 Å². The molecule has 0 unspecified atom stereocenters. The summed E-state index contributed by atoms with van der Waals surface area (Å²) in [7, 11) is 0. The number of carbonyl (C=O) groups is 2. The van der Waals surface area contributed by atoms with Crippen LogP contribution in [0.5, 0.6) is 5.75 Å². The van der Waals surface area contributed by atoms with Crippen molar-refractivity contribution in [2.75, 3.05) is 0 Å². The van der Waals surface area contributed by atoms with Crippen molar-refractivity contribution in [1.29, 1.82) is 0 Å². The fourth-order valence-electron chi connectivity index (χ4n) is 1.18. The topological polar surface area (TPSA) is 67.4 Å². The summed E-state index contributed by atoms with van der Waals surface area (Å²) in [6.07, 6.45) is -0.818. The van der Waals surface area contributed by atoms with Crippen molar-refractivity contribution in [3.63, 3.8) is 0 Å². The van der Waals surface area contributed by atoms with Crippen molar-refractivity contribution in [3.8, 4) is 5.75 Å². The lowest BCUT2D eigenvalue weighted by Gasteiger charge is -2.16. The zero-order valence-electron chi connectivity index (χ0n) is 11.4. The highest BCUT2D eigenvalue weighted by atomic mass is 35.5. The fourth-order valence-corrected chi connectivity index (χ4v) is 1.64. The quantitative estimate of drug-likeness (QED) is 0.838. The van der Waals surface area contributed by atoms with Crippen LogP contribution in [0.3, 0.4) is 0 Å². The maximum absolute atomic E-state index is 11.7. The Morgan fingerprint density at radius 3 is 2.25 bits per heavy atom. The number of amides is 2. The normalized spacial score (nSPS) is 11.9. The van der Waals surface area contributed by atoms with Gasteiger partial charge in [-0.1, -0.05) is 37.0 Å². The maximum Gasteiger partial charge on any atom is 0.279 e. The van der Waals surface area contributed by atoms with E-state index in [4.69, 9.17) is 27.9 Å². The summed E-state index contributed by atoms with van der Waals surface area (Å²) in [6.45, 7) is 4.98. The number of hydrogen-bond donors (Lipinski definition) is 2. The highest BCUT2D eigenvalue weighted by molar-refractivity contribution is 6.35. The van der Waals surface area contributed by atoms with E-state index in [0.29, 0.717) is 15.8 Å². The number of halogens is 2. The standard InChI is InChI=1S/C13H16Cl2N2O3/c1-7(2)12(18)16-17-13(19)8(3)20-11-5-4-9(14)6-10(11)15/h4-8H,1-3H3,(H,16,18)(H,17,19)/t8-/m0/s1. The Kier molecular flexibility index (Phi) is 6.10. The SMILES string of the molecule is CC(C)C(=O)NNC(=O)[C@H](C)Oc1ccc(Cl)cc1Cl. The third-order valence-corrected chi connectivity index (χ3v) is 2.93. The van der Waals surface area contributed by atoms with E-state index in [0.717, 1.165) is 0 Å². The first-order valence-electron chi connectivity index (χ1n) is 6.02. The Bertz CT molecular complexity index is 506. The van der Waals surface area contributed by atoms with Crippen LogP contribution in [0.1, 0.15) is 20.8 Å². The van der Waals surface area contributed by atoms with Crippen LogP contribution in [0.25, 0.3) is 0 Å². The van der Waals surface area contributed by atoms with E-state index < -0.39 is 12.0 Å². The van der Waals surface area contributed by atoms with Gasteiger partial charge in [-0.2, -0.15) is 0 Å². The average Bonchev–Trinajstić information content (AvgIpc) is 2.38. The zero-order valence-corrected chi connectivity index (χ0v) is 12.9. The van der Waals surface area contributed by atoms with E-state index >= 15 is 0 Å². The molecule has 1 aromatic carbocycles. The van der Waals surface area contributed by atoms with Crippen LogP contribution in [-0.2, 0) is 9.59 Å². The van der Waals surface area contributed by atoms with Gasteiger partial charge in [0.25, 0.3) is 5.91 Å². The van der Waals surface area contributed by atoms with Crippen LogP contribution in [0, 0.1) is 5.92 Å². The van der Waals surface area contributed by atoms with E-state index in [9.17, 15) is 9.59 Å². The zero-order chi connectivity index (χ0) is 15.3. The van der Waals surface area contributed by atoms with Crippen LogP contribution >= 0.6 is 23.2 Å². The highest BCUT2D eigenvalue weighted by Crippen LogP contribution is 2.28. The van der Waals surface area contributed by atoms with Gasteiger partial charge in [-0.05, 0) is 25.1 Å². The van der Waals surface area contributed by atoms with Gasteiger partial charge >= 0.3 is 0 Å². The van der Waals surface area contributed by atoms with Gasteiger partial charge in [0, 0.05) is 10.9 Å². The molecular weight excluding hydrogens is 303 g/mol. The molecule has 0 saturated heterocycles. The minimum absolute atomic E-state index is 0.225. The Morgan fingerprint density at radius 2 is 1.70 bits per heavy atom. The van der Waals surface area contributed by atoms with Crippen LogP contribution in [-0.4, -0.2) is 17.9 Å². The van der Waals surface area contributed by atoms with Gasteiger partial charge in [0.1, 0.15) is 5.75 Å². The molecule has 7 heteroatoms. The van der Waals surface area contributed by atoms with Crippen LogP contribution in [0.15, 0.2) is 18.2 Å². The second-order valence-electron chi connectivity index (χ2n) is 4.47. The first-order chi connectivity index (χ1) is 9.31.